The molecular weight excluding hydrogens is 196 g/mol. The summed E-state index contributed by atoms with van der Waals surface area (Å²) in [5.74, 6) is 0.896. The molecule has 0 saturated carbocycles. The lowest BCUT2D eigenvalue weighted by atomic mass is 10.3. The van der Waals surface area contributed by atoms with E-state index < -0.39 is 0 Å². The third-order valence-electron chi connectivity index (χ3n) is 2.32. The van der Waals surface area contributed by atoms with Crippen molar-refractivity contribution in [2.24, 2.45) is 4.99 Å². The minimum absolute atomic E-state index is 0.0778. The number of para-hydroxylation sites is 1. The molecule has 0 aromatic heterocycles. The first-order valence-electron chi connectivity index (χ1n) is 4.47. The van der Waals surface area contributed by atoms with Gasteiger partial charge in [0.1, 0.15) is 5.84 Å². The molecule has 0 radical (unpaired) electrons. The molecule has 2 heterocycles. The normalized spacial score (nSPS) is 23.6. The SMILES string of the molecule is O=C1CC2Sc3ccccc3N=C2N1. The van der Waals surface area contributed by atoms with Gasteiger partial charge in [-0.1, -0.05) is 12.1 Å². The third-order valence-corrected chi connectivity index (χ3v) is 3.59. The largest absolute Gasteiger partial charge is 0.313 e. The second-order valence-electron chi connectivity index (χ2n) is 3.32. The molecule has 3 nitrogen and oxygen atoms in total. The Morgan fingerprint density at radius 3 is 3.21 bits per heavy atom. The van der Waals surface area contributed by atoms with Crippen molar-refractivity contribution in [2.75, 3.05) is 0 Å². The van der Waals surface area contributed by atoms with E-state index in [2.05, 4.69) is 10.3 Å². The van der Waals surface area contributed by atoms with E-state index in [9.17, 15) is 4.79 Å². The van der Waals surface area contributed by atoms with Crippen LogP contribution in [0.4, 0.5) is 5.69 Å². The Kier molecular flexibility index (Phi) is 1.64. The minimum atomic E-state index is 0.0778. The summed E-state index contributed by atoms with van der Waals surface area (Å²) in [4.78, 5) is 16.7. The third kappa shape index (κ3) is 1.14. The maximum atomic E-state index is 11.2. The van der Waals surface area contributed by atoms with Gasteiger partial charge in [-0.3, -0.25) is 4.79 Å². The molecule has 1 aromatic rings. The van der Waals surface area contributed by atoms with Crippen molar-refractivity contribution in [3.8, 4) is 0 Å². The zero-order valence-electron chi connectivity index (χ0n) is 7.36. The highest BCUT2D eigenvalue weighted by atomic mass is 32.2. The molecule has 1 atom stereocenters. The number of thioether (sulfide) groups is 1. The molecule has 2 aliphatic heterocycles. The second-order valence-corrected chi connectivity index (χ2v) is 4.57. The standard InChI is InChI=1S/C10H8N2OS/c13-9-5-8-10(12-9)11-6-3-1-2-4-7(6)14-8/h1-4,8H,5H2,(H,11,12,13). The fourth-order valence-electron chi connectivity index (χ4n) is 1.67. The highest BCUT2D eigenvalue weighted by Crippen LogP contribution is 2.39. The number of carbonyl (C=O) groups excluding carboxylic acids is 1. The first-order valence-corrected chi connectivity index (χ1v) is 5.35. The second kappa shape index (κ2) is 2.85. The predicted octanol–water partition coefficient (Wildman–Crippen LogP) is 1.71. The molecule has 1 N–H and O–H groups in total. The quantitative estimate of drug-likeness (QED) is 0.699. The van der Waals surface area contributed by atoms with Gasteiger partial charge in [0.25, 0.3) is 0 Å². The monoisotopic (exact) mass is 204 g/mol. The van der Waals surface area contributed by atoms with Crippen LogP contribution < -0.4 is 5.32 Å². The molecule has 1 saturated heterocycles. The summed E-state index contributed by atoms with van der Waals surface area (Å²) in [6, 6.07) is 7.97. The molecule has 0 spiro atoms. The lowest BCUT2D eigenvalue weighted by Crippen LogP contribution is -2.24. The lowest BCUT2D eigenvalue weighted by Gasteiger charge is -2.16. The van der Waals surface area contributed by atoms with E-state index in [4.69, 9.17) is 0 Å². The van der Waals surface area contributed by atoms with Crippen LogP contribution >= 0.6 is 11.8 Å². The zero-order valence-corrected chi connectivity index (χ0v) is 8.17. The van der Waals surface area contributed by atoms with Gasteiger partial charge in [-0.15, -0.1) is 11.8 Å². The molecule has 2 aliphatic rings. The van der Waals surface area contributed by atoms with Gasteiger partial charge in [-0.05, 0) is 12.1 Å². The Hall–Kier alpha value is -1.29. The van der Waals surface area contributed by atoms with Crippen molar-refractivity contribution in [3.05, 3.63) is 24.3 Å². The van der Waals surface area contributed by atoms with Crippen LogP contribution in [-0.2, 0) is 4.79 Å². The van der Waals surface area contributed by atoms with Gasteiger partial charge in [-0.25, -0.2) is 4.99 Å². The number of rotatable bonds is 0. The van der Waals surface area contributed by atoms with Gasteiger partial charge in [0.05, 0.1) is 10.9 Å². The van der Waals surface area contributed by atoms with Gasteiger partial charge in [0.15, 0.2) is 0 Å². The molecule has 0 bridgehead atoms. The van der Waals surface area contributed by atoms with Crippen LogP contribution in [0.5, 0.6) is 0 Å². The van der Waals surface area contributed by atoms with Crippen LogP contribution in [0.15, 0.2) is 34.2 Å². The van der Waals surface area contributed by atoms with E-state index in [1.807, 2.05) is 24.3 Å². The summed E-state index contributed by atoms with van der Waals surface area (Å²) in [7, 11) is 0. The Morgan fingerprint density at radius 2 is 2.29 bits per heavy atom. The molecule has 70 valence electrons. The number of hydrogen-bond donors (Lipinski definition) is 1. The Bertz CT molecular complexity index is 442. The fraction of sp³-hybridized carbons (Fsp3) is 0.200. The van der Waals surface area contributed by atoms with Crippen LogP contribution in [0.2, 0.25) is 0 Å². The summed E-state index contributed by atoms with van der Waals surface area (Å²) in [6.07, 6.45) is 0.553. The summed E-state index contributed by atoms with van der Waals surface area (Å²) < 4.78 is 0. The van der Waals surface area contributed by atoms with Gasteiger partial charge in [0, 0.05) is 11.3 Å². The first kappa shape index (κ1) is 8.05. The van der Waals surface area contributed by atoms with E-state index >= 15 is 0 Å². The van der Waals surface area contributed by atoms with E-state index in [1.54, 1.807) is 11.8 Å². The number of nitrogens with one attached hydrogen (secondary N) is 1. The average Bonchev–Trinajstić information content (AvgIpc) is 2.53. The van der Waals surface area contributed by atoms with Crippen molar-refractivity contribution in [3.63, 3.8) is 0 Å². The van der Waals surface area contributed by atoms with Crippen LogP contribution in [0.3, 0.4) is 0 Å². The van der Waals surface area contributed by atoms with Crippen LogP contribution in [0.1, 0.15) is 6.42 Å². The van der Waals surface area contributed by atoms with Gasteiger partial charge < -0.3 is 5.32 Å². The molecule has 1 unspecified atom stereocenters. The van der Waals surface area contributed by atoms with E-state index in [0.29, 0.717) is 6.42 Å². The number of nitrogens with zero attached hydrogens (tertiary/aromatic N) is 1. The lowest BCUT2D eigenvalue weighted by molar-refractivity contribution is -0.118. The molecular formula is C10H8N2OS. The van der Waals surface area contributed by atoms with E-state index in [-0.39, 0.29) is 11.2 Å². The van der Waals surface area contributed by atoms with Gasteiger partial charge in [0.2, 0.25) is 5.91 Å². The number of aliphatic imine (C=N–C) groups is 1. The molecule has 14 heavy (non-hydrogen) atoms. The smallest absolute Gasteiger partial charge is 0.226 e. The van der Waals surface area contributed by atoms with Crippen molar-refractivity contribution >= 4 is 29.2 Å². The number of amides is 1. The molecule has 1 amide bonds. The molecule has 0 aliphatic carbocycles. The topological polar surface area (TPSA) is 41.5 Å². The Morgan fingerprint density at radius 1 is 1.43 bits per heavy atom. The summed E-state index contributed by atoms with van der Waals surface area (Å²) in [6.45, 7) is 0. The van der Waals surface area contributed by atoms with E-state index in [1.165, 1.54) is 0 Å². The minimum Gasteiger partial charge on any atom is -0.313 e. The van der Waals surface area contributed by atoms with E-state index in [0.717, 1.165) is 16.4 Å². The highest BCUT2D eigenvalue weighted by Gasteiger charge is 2.32. The number of carbonyl (C=O) groups is 1. The highest BCUT2D eigenvalue weighted by molar-refractivity contribution is 8.01. The maximum absolute atomic E-state index is 11.2. The zero-order chi connectivity index (χ0) is 9.54. The maximum Gasteiger partial charge on any atom is 0.226 e. The van der Waals surface area contributed by atoms with Crippen LogP contribution in [0, 0.1) is 0 Å². The van der Waals surface area contributed by atoms with Crippen molar-refractivity contribution in [2.45, 2.75) is 16.6 Å². The van der Waals surface area contributed by atoms with Crippen molar-refractivity contribution in [1.29, 1.82) is 0 Å². The molecule has 1 fully saturated rings. The van der Waals surface area contributed by atoms with Crippen LogP contribution in [0.25, 0.3) is 0 Å². The predicted molar refractivity (Wildman–Crippen MR) is 55.9 cm³/mol. The Balaban J connectivity index is 2.07. The summed E-state index contributed by atoms with van der Waals surface area (Å²) in [5.41, 5.74) is 0.964. The van der Waals surface area contributed by atoms with Crippen LogP contribution in [-0.4, -0.2) is 17.0 Å². The average molecular weight is 204 g/mol. The summed E-state index contributed by atoms with van der Waals surface area (Å²) >= 11 is 1.72. The summed E-state index contributed by atoms with van der Waals surface area (Å²) in [5, 5.41) is 2.99. The number of benzene rings is 1. The number of hydrogen-bond acceptors (Lipinski definition) is 3. The number of amidine groups is 1. The van der Waals surface area contributed by atoms with Crippen molar-refractivity contribution in [1.82, 2.24) is 5.32 Å². The molecule has 1 aromatic carbocycles. The van der Waals surface area contributed by atoms with Gasteiger partial charge in [-0.2, -0.15) is 0 Å². The molecule has 3 rings (SSSR count). The van der Waals surface area contributed by atoms with Crippen molar-refractivity contribution < 1.29 is 4.79 Å². The molecule has 4 heteroatoms. The first-order chi connectivity index (χ1) is 6.83. The fourth-order valence-corrected chi connectivity index (χ4v) is 2.83. The van der Waals surface area contributed by atoms with Gasteiger partial charge >= 0.3 is 0 Å². The number of fused-ring (bicyclic) bond motifs is 2. The Labute approximate surface area is 85.6 Å².